The Labute approximate surface area is 120 Å². The summed E-state index contributed by atoms with van der Waals surface area (Å²) in [5.41, 5.74) is 0. The molecule has 19 heavy (non-hydrogen) atoms. The Hall–Kier alpha value is -0.830. The van der Waals surface area contributed by atoms with Gasteiger partial charge in [-0.05, 0) is 12.1 Å². The molecule has 8 heteroatoms. The molecule has 0 aliphatic carbocycles. The van der Waals surface area contributed by atoms with Crippen molar-refractivity contribution in [3.05, 3.63) is 18.2 Å². The standard InChI is InChI=1S/C11H16BrNO5S/c1-18-10-8-9(15)2-3-11(10)19(16,17)13(5-4-12)6-7-14/h2-3,8,14-15H,4-7H2,1H3. The van der Waals surface area contributed by atoms with E-state index in [1.807, 2.05) is 0 Å². The van der Waals surface area contributed by atoms with Crippen LogP contribution >= 0.6 is 15.9 Å². The van der Waals surface area contributed by atoms with Crippen LogP contribution in [-0.2, 0) is 10.0 Å². The lowest BCUT2D eigenvalue weighted by atomic mass is 10.3. The molecule has 0 saturated heterocycles. The maximum Gasteiger partial charge on any atom is 0.246 e. The molecule has 108 valence electrons. The highest BCUT2D eigenvalue weighted by atomic mass is 79.9. The summed E-state index contributed by atoms with van der Waals surface area (Å²) in [6, 6.07) is 3.79. The van der Waals surface area contributed by atoms with Crippen LogP contribution in [0.1, 0.15) is 0 Å². The van der Waals surface area contributed by atoms with Crippen LogP contribution in [0, 0.1) is 0 Å². The number of phenolic OH excluding ortho intramolecular Hbond substituents is 1. The van der Waals surface area contributed by atoms with Crippen molar-refractivity contribution in [2.75, 3.05) is 32.1 Å². The molecule has 0 radical (unpaired) electrons. The first-order chi connectivity index (χ1) is 8.97. The second-order valence-corrected chi connectivity index (χ2v) is 6.35. The van der Waals surface area contributed by atoms with Crippen LogP contribution in [0.5, 0.6) is 11.5 Å². The third kappa shape index (κ3) is 3.82. The minimum absolute atomic E-state index is 0.00202. The van der Waals surface area contributed by atoms with Crippen molar-refractivity contribution in [3.8, 4) is 11.5 Å². The Balaban J connectivity index is 3.24. The molecule has 1 aromatic rings. The molecule has 0 aromatic heterocycles. The number of hydrogen-bond donors (Lipinski definition) is 2. The number of aliphatic hydroxyl groups excluding tert-OH is 1. The minimum atomic E-state index is -3.78. The fraction of sp³-hybridized carbons (Fsp3) is 0.455. The van der Waals surface area contributed by atoms with Crippen molar-refractivity contribution in [1.29, 1.82) is 0 Å². The SMILES string of the molecule is COc1cc(O)ccc1S(=O)(=O)N(CCO)CCBr. The van der Waals surface area contributed by atoms with Gasteiger partial charge in [-0.15, -0.1) is 0 Å². The van der Waals surface area contributed by atoms with Gasteiger partial charge in [-0.25, -0.2) is 8.42 Å². The van der Waals surface area contributed by atoms with Crippen molar-refractivity contribution in [2.45, 2.75) is 4.90 Å². The maximum atomic E-state index is 12.4. The number of methoxy groups -OCH3 is 1. The molecule has 0 saturated carbocycles. The molecule has 0 amide bonds. The van der Waals surface area contributed by atoms with Crippen LogP contribution < -0.4 is 4.74 Å². The summed E-state index contributed by atoms with van der Waals surface area (Å²) in [4.78, 5) is -0.0396. The molecular formula is C11H16BrNO5S. The van der Waals surface area contributed by atoms with Crippen LogP contribution in [0.3, 0.4) is 0 Å². The van der Waals surface area contributed by atoms with E-state index in [0.29, 0.717) is 5.33 Å². The third-order valence-corrected chi connectivity index (χ3v) is 4.74. The summed E-state index contributed by atoms with van der Waals surface area (Å²) in [6.07, 6.45) is 0. The number of nitrogens with zero attached hydrogens (tertiary/aromatic N) is 1. The van der Waals surface area contributed by atoms with E-state index in [0.717, 1.165) is 4.31 Å². The normalized spacial score (nSPS) is 11.8. The molecule has 0 spiro atoms. The fourth-order valence-electron chi connectivity index (χ4n) is 1.57. The largest absolute Gasteiger partial charge is 0.508 e. The molecule has 0 unspecified atom stereocenters. The number of hydrogen-bond acceptors (Lipinski definition) is 5. The highest BCUT2D eigenvalue weighted by molar-refractivity contribution is 9.09. The van der Waals surface area contributed by atoms with Gasteiger partial charge in [0, 0.05) is 24.5 Å². The van der Waals surface area contributed by atoms with E-state index in [1.165, 1.54) is 25.3 Å². The quantitative estimate of drug-likeness (QED) is 0.707. The fourth-order valence-corrected chi connectivity index (χ4v) is 3.80. The van der Waals surface area contributed by atoms with Crippen molar-refractivity contribution in [1.82, 2.24) is 4.31 Å². The van der Waals surface area contributed by atoms with Gasteiger partial charge in [-0.1, -0.05) is 15.9 Å². The Bertz CT molecular complexity index is 514. The van der Waals surface area contributed by atoms with E-state index < -0.39 is 10.0 Å². The average molecular weight is 354 g/mol. The number of halogens is 1. The van der Waals surface area contributed by atoms with E-state index in [-0.39, 0.29) is 36.1 Å². The Morgan fingerprint density at radius 3 is 2.58 bits per heavy atom. The van der Waals surface area contributed by atoms with E-state index in [2.05, 4.69) is 15.9 Å². The maximum absolute atomic E-state index is 12.4. The topological polar surface area (TPSA) is 87.1 Å². The number of alkyl halides is 1. The van der Waals surface area contributed by atoms with Crippen molar-refractivity contribution in [2.24, 2.45) is 0 Å². The zero-order valence-electron chi connectivity index (χ0n) is 10.4. The van der Waals surface area contributed by atoms with Gasteiger partial charge in [0.1, 0.15) is 16.4 Å². The van der Waals surface area contributed by atoms with Crippen LogP contribution in [0.25, 0.3) is 0 Å². The number of ether oxygens (including phenoxy) is 1. The molecule has 1 aromatic carbocycles. The highest BCUT2D eigenvalue weighted by Crippen LogP contribution is 2.30. The van der Waals surface area contributed by atoms with Crippen LogP contribution in [0.15, 0.2) is 23.1 Å². The second-order valence-electron chi connectivity index (χ2n) is 3.65. The Morgan fingerprint density at radius 1 is 1.37 bits per heavy atom. The first-order valence-corrected chi connectivity index (χ1v) is 8.07. The average Bonchev–Trinajstić information content (AvgIpc) is 2.38. The van der Waals surface area contributed by atoms with E-state index in [4.69, 9.17) is 9.84 Å². The molecular weight excluding hydrogens is 338 g/mol. The molecule has 0 atom stereocenters. The van der Waals surface area contributed by atoms with Gasteiger partial charge in [0.25, 0.3) is 0 Å². The molecule has 0 fully saturated rings. The van der Waals surface area contributed by atoms with Crippen molar-refractivity contribution in [3.63, 3.8) is 0 Å². The summed E-state index contributed by atoms with van der Waals surface area (Å²) in [5.74, 6) is -0.0116. The molecule has 0 aliphatic rings. The smallest absolute Gasteiger partial charge is 0.246 e. The van der Waals surface area contributed by atoms with Gasteiger partial charge in [-0.2, -0.15) is 4.31 Å². The predicted molar refractivity (Wildman–Crippen MR) is 74.3 cm³/mol. The summed E-state index contributed by atoms with van der Waals surface area (Å²) >= 11 is 3.17. The van der Waals surface area contributed by atoms with Gasteiger partial charge in [-0.3, -0.25) is 0 Å². The number of rotatable bonds is 7. The van der Waals surface area contributed by atoms with Crippen molar-refractivity contribution >= 4 is 26.0 Å². The first kappa shape index (κ1) is 16.2. The van der Waals surface area contributed by atoms with Gasteiger partial charge < -0.3 is 14.9 Å². The number of aliphatic hydroxyl groups is 1. The van der Waals surface area contributed by atoms with Crippen LogP contribution in [0.2, 0.25) is 0 Å². The van der Waals surface area contributed by atoms with E-state index in [1.54, 1.807) is 0 Å². The molecule has 1 rings (SSSR count). The lowest BCUT2D eigenvalue weighted by molar-refractivity contribution is 0.257. The second kappa shape index (κ2) is 7.09. The lowest BCUT2D eigenvalue weighted by Crippen LogP contribution is -2.35. The van der Waals surface area contributed by atoms with Gasteiger partial charge in [0.05, 0.1) is 13.7 Å². The van der Waals surface area contributed by atoms with Gasteiger partial charge >= 0.3 is 0 Å². The van der Waals surface area contributed by atoms with Gasteiger partial charge in [0.15, 0.2) is 0 Å². The summed E-state index contributed by atoms with van der Waals surface area (Å²) in [6.45, 7) is -0.0441. The van der Waals surface area contributed by atoms with E-state index >= 15 is 0 Å². The number of phenols is 1. The number of sulfonamides is 1. The molecule has 0 heterocycles. The van der Waals surface area contributed by atoms with Crippen LogP contribution in [-0.4, -0.2) is 55.1 Å². The zero-order chi connectivity index (χ0) is 14.5. The minimum Gasteiger partial charge on any atom is -0.508 e. The number of benzene rings is 1. The molecule has 6 nitrogen and oxygen atoms in total. The van der Waals surface area contributed by atoms with E-state index in [9.17, 15) is 13.5 Å². The summed E-state index contributed by atoms with van der Waals surface area (Å²) < 4.78 is 31.0. The van der Waals surface area contributed by atoms with Crippen molar-refractivity contribution < 1.29 is 23.4 Å². The monoisotopic (exact) mass is 353 g/mol. The Morgan fingerprint density at radius 2 is 2.05 bits per heavy atom. The van der Waals surface area contributed by atoms with Gasteiger partial charge in [0.2, 0.25) is 10.0 Å². The molecule has 0 bridgehead atoms. The predicted octanol–water partition coefficient (Wildman–Crippen LogP) is 0.779. The summed E-state index contributed by atoms with van der Waals surface area (Å²) in [7, 11) is -2.45. The Kier molecular flexibility index (Phi) is 6.05. The zero-order valence-corrected chi connectivity index (χ0v) is 12.8. The third-order valence-electron chi connectivity index (χ3n) is 2.45. The summed E-state index contributed by atoms with van der Waals surface area (Å²) in [5, 5.41) is 18.7. The molecule has 0 aliphatic heterocycles. The molecule has 2 N–H and O–H groups in total. The van der Waals surface area contributed by atoms with Crippen LogP contribution in [0.4, 0.5) is 0 Å². The lowest BCUT2D eigenvalue weighted by Gasteiger charge is -2.21. The highest BCUT2D eigenvalue weighted by Gasteiger charge is 2.27. The first-order valence-electron chi connectivity index (χ1n) is 5.51. The number of aromatic hydroxyl groups is 1.